The van der Waals surface area contributed by atoms with Gasteiger partial charge < -0.3 is 4.74 Å². The Morgan fingerprint density at radius 3 is 2.39 bits per heavy atom. The van der Waals surface area contributed by atoms with E-state index in [9.17, 15) is 13.2 Å². The van der Waals surface area contributed by atoms with Crippen LogP contribution in [-0.2, 0) is 18.0 Å². The summed E-state index contributed by atoms with van der Waals surface area (Å²) in [5, 5.41) is 2.06. The fourth-order valence-electron chi connectivity index (χ4n) is 2.39. The van der Waals surface area contributed by atoms with Crippen molar-refractivity contribution >= 4 is 23.4 Å². The van der Waals surface area contributed by atoms with Gasteiger partial charge in [-0.05, 0) is 34.5 Å². The van der Waals surface area contributed by atoms with Crippen LogP contribution in [0.1, 0.15) is 11.1 Å². The van der Waals surface area contributed by atoms with Crippen LogP contribution in [0.4, 0.5) is 13.2 Å². The fraction of sp³-hybridized carbons (Fsp3) is 0.111. The molecule has 0 aliphatic rings. The molecule has 5 heteroatoms. The summed E-state index contributed by atoms with van der Waals surface area (Å²) in [6.07, 6.45) is 0. The molecule has 118 valence electrons. The van der Waals surface area contributed by atoms with Gasteiger partial charge in [-0.25, -0.2) is 13.2 Å². The van der Waals surface area contributed by atoms with Crippen molar-refractivity contribution in [2.45, 2.75) is 18.1 Å². The van der Waals surface area contributed by atoms with Crippen molar-refractivity contribution in [3.63, 3.8) is 0 Å². The van der Waals surface area contributed by atoms with Gasteiger partial charge in [0.1, 0.15) is 5.82 Å². The summed E-state index contributed by atoms with van der Waals surface area (Å²) in [5.74, 6) is -3.12. The zero-order chi connectivity index (χ0) is 16.4. The minimum Gasteiger partial charge on any atom is -0.372 e. The second-order valence-corrected chi connectivity index (χ2v) is 5.67. The van der Waals surface area contributed by atoms with Gasteiger partial charge in [0.25, 0.3) is 0 Å². The number of ether oxygens (including phenoxy) is 1. The number of benzene rings is 3. The van der Waals surface area contributed by atoms with E-state index in [-0.39, 0.29) is 18.8 Å². The first-order valence-corrected chi connectivity index (χ1v) is 7.41. The zero-order valence-electron chi connectivity index (χ0n) is 12.0. The molecule has 23 heavy (non-hydrogen) atoms. The molecule has 0 fully saturated rings. The Bertz CT molecular complexity index is 864. The lowest BCUT2D eigenvalue weighted by molar-refractivity contribution is 0.104. The molecular weight excluding hydrogens is 321 g/mol. The molecule has 0 saturated carbocycles. The second-order valence-electron chi connectivity index (χ2n) is 5.19. The smallest absolute Gasteiger partial charge is 0.161 e. The lowest BCUT2D eigenvalue weighted by Gasteiger charge is -2.09. The Morgan fingerprint density at radius 2 is 1.57 bits per heavy atom. The van der Waals surface area contributed by atoms with E-state index in [0.717, 1.165) is 27.3 Å². The monoisotopic (exact) mass is 334 g/mol. The molecule has 1 nitrogen and oxygen atoms in total. The number of rotatable bonds is 4. The quantitative estimate of drug-likeness (QED) is 0.506. The van der Waals surface area contributed by atoms with E-state index < -0.39 is 17.5 Å². The molecule has 0 radical (unpaired) electrons. The number of halogens is 3. The molecule has 0 spiro atoms. The highest BCUT2D eigenvalue weighted by Gasteiger charge is 2.10. The number of hydrogen-bond donors (Lipinski definition) is 1. The summed E-state index contributed by atoms with van der Waals surface area (Å²) < 4.78 is 45.0. The highest BCUT2D eigenvalue weighted by molar-refractivity contribution is 7.80. The van der Waals surface area contributed by atoms with E-state index in [1.807, 2.05) is 36.4 Å². The highest BCUT2D eigenvalue weighted by atomic mass is 32.1. The van der Waals surface area contributed by atoms with Crippen LogP contribution in [0.5, 0.6) is 0 Å². The van der Waals surface area contributed by atoms with Crippen molar-refractivity contribution in [3.8, 4) is 0 Å². The van der Waals surface area contributed by atoms with Gasteiger partial charge >= 0.3 is 0 Å². The standard InChI is InChI=1S/C18H13F3OS/c19-15-8-17(21)16(20)7-13(15)10-22-9-11-5-12-3-1-2-4-14(12)18(23)6-11/h1-8,23H,9-10H2. The molecular formula is C18H13F3OS. The Labute approximate surface area is 137 Å². The van der Waals surface area contributed by atoms with E-state index in [0.29, 0.717) is 6.07 Å². The van der Waals surface area contributed by atoms with Gasteiger partial charge in [0.05, 0.1) is 13.2 Å². The SMILES string of the molecule is Fc1cc(F)c(COCc2cc(S)c3ccccc3c2)cc1F. The maximum Gasteiger partial charge on any atom is 0.161 e. The van der Waals surface area contributed by atoms with Gasteiger partial charge in [0, 0.05) is 16.5 Å². The average Bonchev–Trinajstić information content (AvgIpc) is 2.52. The minimum absolute atomic E-state index is 0.0178. The van der Waals surface area contributed by atoms with Crippen LogP contribution in [0, 0.1) is 17.5 Å². The predicted molar refractivity (Wildman–Crippen MR) is 86.0 cm³/mol. The van der Waals surface area contributed by atoms with Crippen LogP contribution >= 0.6 is 12.6 Å². The molecule has 3 aromatic rings. The van der Waals surface area contributed by atoms with Gasteiger partial charge in [0.2, 0.25) is 0 Å². The van der Waals surface area contributed by atoms with E-state index in [1.54, 1.807) is 0 Å². The first kappa shape index (κ1) is 15.9. The predicted octanol–water partition coefficient (Wildman–Crippen LogP) is 5.26. The summed E-state index contributed by atoms with van der Waals surface area (Å²) in [6.45, 7) is 0.0780. The number of hydrogen-bond acceptors (Lipinski definition) is 2. The molecule has 0 aliphatic heterocycles. The van der Waals surface area contributed by atoms with Gasteiger partial charge in [-0.15, -0.1) is 12.6 Å². The van der Waals surface area contributed by atoms with Crippen molar-refractivity contribution in [1.29, 1.82) is 0 Å². The summed E-state index contributed by atoms with van der Waals surface area (Å²) in [4.78, 5) is 0.820. The van der Waals surface area contributed by atoms with E-state index >= 15 is 0 Å². The van der Waals surface area contributed by atoms with Crippen LogP contribution in [0.3, 0.4) is 0 Å². The molecule has 0 aliphatic carbocycles. The number of thiol groups is 1. The average molecular weight is 334 g/mol. The van der Waals surface area contributed by atoms with Gasteiger partial charge in [0.15, 0.2) is 11.6 Å². The molecule has 0 aromatic heterocycles. The van der Waals surface area contributed by atoms with E-state index in [4.69, 9.17) is 4.74 Å². The molecule has 0 saturated heterocycles. The molecule has 0 bridgehead atoms. The van der Waals surface area contributed by atoms with Crippen LogP contribution in [-0.4, -0.2) is 0 Å². The molecule has 0 unspecified atom stereocenters. The Hall–Kier alpha value is -1.98. The minimum atomic E-state index is -1.21. The summed E-state index contributed by atoms with van der Waals surface area (Å²) in [5.41, 5.74) is 0.854. The van der Waals surface area contributed by atoms with Crippen LogP contribution in [0.2, 0.25) is 0 Å². The normalized spacial score (nSPS) is 11.1. The van der Waals surface area contributed by atoms with Gasteiger partial charge in [-0.1, -0.05) is 24.3 Å². The maximum atomic E-state index is 13.5. The summed E-state index contributed by atoms with van der Waals surface area (Å²) >= 11 is 4.45. The van der Waals surface area contributed by atoms with Crippen molar-refractivity contribution in [3.05, 3.63) is 77.1 Å². The van der Waals surface area contributed by atoms with Crippen molar-refractivity contribution in [2.24, 2.45) is 0 Å². The maximum absolute atomic E-state index is 13.5. The third-order valence-corrected chi connectivity index (χ3v) is 3.89. The summed E-state index contributed by atoms with van der Waals surface area (Å²) in [7, 11) is 0. The third-order valence-electron chi connectivity index (χ3n) is 3.52. The Kier molecular flexibility index (Phi) is 4.59. The molecule has 3 aromatic carbocycles. The first-order valence-electron chi connectivity index (χ1n) is 6.96. The largest absolute Gasteiger partial charge is 0.372 e. The third kappa shape index (κ3) is 3.51. The molecule has 0 atom stereocenters. The molecule has 0 heterocycles. The van der Waals surface area contributed by atoms with Gasteiger partial charge in [-0.2, -0.15) is 0 Å². The topological polar surface area (TPSA) is 9.23 Å². The Morgan fingerprint density at radius 1 is 0.826 bits per heavy atom. The molecule has 0 amide bonds. The van der Waals surface area contributed by atoms with Crippen molar-refractivity contribution in [2.75, 3.05) is 0 Å². The van der Waals surface area contributed by atoms with Crippen LogP contribution in [0.15, 0.2) is 53.4 Å². The van der Waals surface area contributed by atoms with Crippen LogP contribution in [0.25, 0.3) is 10.8 Å². The van der Waals surface area contributed by atoms with Gasteiger partial charge in [-0.3, -0.25) is 0 Å². The van der Waals surface area contributed by atoms with Crippen molar-refractivity contribution < 1.29 is 17.9 Å². The van der Waals surface area contributed by atoms with E-state index in [2.05, 4.69) is 12.6 Å². The molecule has 0 N–H and O–H groups in total. The van der Waals surface area contributed by atoms with Crippen molar-refractivity contribution in [1.82, 2.24) is 0 Å². The lowest BCUT2D eigenvalue weighted by atomic mass is 10.1. The highest BCUT2D eigenvalue weighted by Crippen LogP contribution is 2.24. The zero-order valence-corrected chi connectivity index (χ0v) is 12.9. The van der Waals surface area contributed by atoms with E-state index in [1.165, 1.54) is 0 Å². The number of fused-ring (bicyclic) bond motifs is 1. The molecule has 3 rings (SSSR count). The second kappa shape index (κ2) is 6.64. The Balaban J connectivity index is 1.73. The van der Waals surface area contributed by atoms with Crippen LogP contribution < -0.4 is 0 Å². The first-order chi connectivity index (χ1) is 11.0. The summed E-state index contributed by atoms with van der Waals surface area (Å²) in [6, 6.07) is 13.0. The lowest BCUT2D eigenvalue weighted by Crippen LogP contribution is -2.00. The fourth-order valence-corrected chi connectivity index (χ4v) is 2.76.